The van der Waals surface area contributed by atoms with E-state index in [4.69, 9.17) is 0 Å². The molecule has 0 saturated heterocycles. The van der Waals surface area contributed by atoms with Gasteiger partial charge in [0.05, 0.1) is 6.54 Å². The summed E-state index contributed by atoms with van der Waals surface area (Å²) in [4.78, 5) is 8.53. The molecule has 7 heteroatoms. The Morgan fingerprint density at radius 3 is 2.71 bits per heavy atom. The number of hydrogen-bond acceptors (Lipinski definition) is 2. The maximum Gasteiger partial charge on any atom is 0.191 e. The van der Waals surface area contributed by atoms with Crippen molar-refractivity contribution in [3.05, 3.63) is 65.5 Å². The lowest BCUT2D eigenvalue weighted by atomic mass is 10.2. The highest BCUT2D eigenvalue weighted by atomic mass is 127. The summed E-state index contributed by atoms with van der Waals surface area (Å²) in [7, 11) is 0. The Bertz CT molecular complexity index is 650. The van der Waals surface area contributed by atoms with E-state index in [0.29, 0.717) is 19.0 Å². The van der Waals surface area contributed by atoms with E-state index in [9.17, 15) is 8.78 Å². The molecular formula is C17H21F2IN4. The van der Waals surface area contributed by atoms with Crippen molar-refractivity contribution in [2.75, 3.05) is 13.1 Å². The molecule has 24 heavy (non-hydrogen) atoms. The lowest BCUT2D eigenvalue weighted by molar-refractivity contribution is 0.585. The summed E-state index contributed by atoms with van der Waals surface area (Å²) >= 11 is 0. The monoisotopic (exact) mass is 446 g/mol. The summed E-state index contributed by atoms with van der Waals surface area (Å²) < 4.78 is 26.8. The second-order valence-electron chi connectivity index (χ2n) is 4.93. The van der Waals surface area contributed by atoms with Crippen molar-refractivity contribution in [3.63, 3.8) is 0 Å². The van der Waals surface area contributed by atoms with Crippen LogP contribution in [-0.4, -0.2) is 24.0 Å². The van der Waals surface area contributed by atoms with Gasteiger partial charge in [0.15, 0.2) is 5.96 Å². The zero-order valence-corrected chi connectivity index (χ0v) is 15.8. The average Bonchev–Trinajstić information content (AvgIpc) is 2.56. The van der Waals surface area contributed by atoms with Crippen LogP contribution in [0.3, 0.4) is 0 Å². The van der Waals surface area contributed by atoms with E-state index >= 15 is 0 Å². The highest BCUT2D eigenvalue weighted by molar-refractivity contribution is 14.0. The van der Waals surface area contributed by atoms with Crippen molar-refractivity contribution >= 4 is 29.9 Å². The highest BCUT2D eigenvalue weighted by Crippen LogP contribution is 2.10. The van der Waals surface area contributed by atoms with Crippen molar-refractivity contribution in [1.82, 2.24) is 15.6 Å². The van der Waals surface area contributed by atoms with Crippen LogP contribution in [0.15, 0.2) is 47.6 Å². The first kappa shape index (κ1) is 20.3. The lowest BCUT2D eigenvalue weighted by Gasteiger charge is -2.11. The van der Waals surface area contributed by atoms with Crippen LogP contribution in [0.1, 0.15) is 18.2 Å². The molecule has 1 aromatic carbocycles. The van der Waals surface area contributed by atoms with Gasteiger partial charge in [-0.3, -0.25) is 4.98 Å². The third kappa shape index (κ3) is 6.77. The van der Waals surface area contributed by atoms with Gasteiger partial charge in [0.1, 0.15) is 11.6 Å². The molecule has 2 aromatic rings. The molecule has 0 bridgehead atoms. The van der Waals surface area contributed by atoms with Crippen molar-refractivity contribution in [2.45, 2.75) is 19.9 Å². The molecule has 0 aliphatic carbocycles. The van der Waals surface area contributed by atoms with E-state index in [0.717, 1.165) is 30.3 Å². The van der Waals surface area contributed by atoms with Crippen molar-refractivity contribution in [1.29, 1.82) is 0 Å². The Morgan fingerprint density at radius 2 is 2.00 bits per heavy atom. The van der Waals surface area contributed by atoms with Crippen molar-refractivity contribution in [2.24, 2.45) is 4.99 Å². The number of aromatic nitrogens is 1. The number of guanidine groups is 1. The summed E-state index contributed by atoms with van der Waals surface area (Å²) in [6, 6.07) is 9.13. The topological polar surface area (TPSA) is 49.3 Å². The SMILES string of the molecule is CCNC(=NCc1cc(F)ccc1F)NCCc1ccccn1.I. The second kappa shape index (κ2) is 10.9. The third-order valence-electron chi connectivity index (χ3n) is 3.16. The van der Waals surface area contributed by atoms with Crippen LogP contribution < -0.4 is 10.6 Å². The smallest absolute Gasteiger partial charge is 0.191 e. The van der Waals surface area contributed by atoms with Crippen molar-refractivity contribution < 1.29 is 8.78 Å². The van der Waals surface area contributed by atoms with Gasteiger partial charge in [-0.25, -0.2) is 13.8 Å². The van der Waals surface area contributed by atoms with Crippen LogP contribution in [0.4, 0.5) is 8.78 Å². The Labute approximate surface area is 157 Å². The molecule has 2 rings (SSSR count). The van der Waals surface area contributed by atoms with Gasteiger partial charge in [0.25, 0.3) is 0 Å². The molecule has 0 atom stereocenters. The number of aliphatic imine (C=N–C) groups is 1. The van der Waals surface area contributed by atoms with Gasteiger partial charge in [0, 0.05) is 37.0 Å². The van der Waals surface area contributed by atoms with E-state index in [1.54, 1.807) is 6.20 Å². The minimum atomic E-state index is -0.468. The number of nitrogens with one attached hydrogen (secondary N) is 2. The molecule has 0 aliphatic rings. The molecule has 0 amide bonds. The summed E-state index contributed by atoms with van der Waals surface area (Å²) in [5, 5.41) is 6.23. The van der Waals surface area contributed by atoms with Crippen LogP contribution >= 0.6 is 24.0 Å². The van der Waals surface area contributed by atoms with E-state index in [-0.39, 0.29) is 36.1 Å². The van der Waals surface area contributed by atoms with Crippen molar-refractivity contribution in [3.8, 4) is 0 Å². The zero-order valence-electron chi connectivity index (χ0n) is 13.4. The van der Waals surface area contributed by atoms with Crippen LogP contribution in [0.5, 0.6) is 0 Å². The van der Waals surface area contributed by atoms with Gasteiger partial charge < -0.3 is 10.6 Å². The molecule has 0 unspecified atom stereocenters. The van der Waals surface area contributed by atoms with E-state index in [2.05, 4.69) is 20.6 Å². The Hall–Kier alpha value is -1.77. The fourth-order valence-electron chi connectivity index (χ4n) is 2.03. The number of halogens is 3. The lowest BCUT2D eigenvalue weighted by Crippen LogP contribution is -2.38. The quantitative estimate of drug-likeness (QED) is 0.407. The van der Waals surface area contributed by atoms with Gasteiger partial charge >= 0.3 is 0 Å². The maximum atomic E-state index is 13.6. The first-order valence-electron chi connectivity index (χ1n) is 7.55. The van der Waals surface area contributed by atoms with Gasteiger partial charge in [-0.2, -0.15) is 0 Å². The number of benzene rings is 1. The summed E-state index contributed by atoms with van der Waals surface area (Å²) in [5.41, 5.74) is 1.21. The summed E-state index contributed by atoms with van der Waals surface area (Å²) in [5.74, 6) is -0.365. The summed E-state index contributed by atoms with van der Waals surface area (Å²) in [6.45, 7) is 3.34. The minimum Gasteiger partial charge on any atom is -0.357 e. The Morgan fingerprint density at radius 1 is 1.17 bits per heavy atom. The number of rotatable bonds is 6. The second-order valence-corrected chi connectivity index (χ2v) is 4.93. The van der Waals surface area contributed by atoms with Crippen LogP contribution in [-0.2, 0) is 13.0 Å². The van der Waals surface area contributed by atoms with Crippen LogP contribution in [0.25, 0.3) is 0 Å². The van der Waals surface area contributed by atoms with Gasteiger partial charge in [-0.05, 0) is 37.3 Å². The first-order valence-corrected chi connectivity index (χ1v) is 7.55. The minimum absolute atomic E-state index is 0. The van der Waals surface area contributed by atoms with E-state index < -0.39 is 11.6 Å². The van der Waals surface area contributed by atoms with E-state index in [1.807, 2.05) is 25.1 Å². The van der Waals surface area contributed by atoms with Gasteiger partial charge in [-0.15, -0.1) is 24.0 Å². The molecule has 0 radical (unpaired) electrons. The fourth-order valence-corrected chi connectivity index (χ4v) is 2.03. The predicted octanol–water partition coefficient (Wildman–Crippen LogP) is 3.28. The third-order valence-corrected chi connectivity index (χ3v) is 3.16. The molecule has 2 N–H and O–H groups in total. The molecule has 0 fully saturated rings. The molecule has 0 aliphatic heterocycles. The molecule has 1 aromatic heterocycles. The first-order chi connectivity index (χ1) is 11.2. The van der Waals surface area contributed by atoms with Crippen LogP contribution in [0, 0.1) is 11.6 Å². The molecule has 0 saturated carbocycles. The predicted molar refractivity (Wildman–Crippen MR) is 103 cm³/mol. The zero-order chi connectivity index (χ0) is 16.5. The number of nitrogens with zero attached hydrogens (tertiary/aromatic N) is 2. The van der Waals surface area contributed by atoms with Gasteiger partial charge in [0.2, 0.25) is 0 Å². The molecule has 0 spiro atoms. The largest absolute Gasteiger partial charge is 0.357 e. The Kier molecular flexibility index (Phi) is 9.21. The summed E-state index contributed by atoms with van der Waals surface area (Å²) in [6.07, 6.45) is 2.50. The Balaban J connectivity index is 0.00000288. The van der Waals surface area contributed by atoms with Crippen LogP contribution in [0.2, 0.25) is 0 Å². The molecule has 4 nitrogen and oxygen atoms in total. The number of hydrogen-bond donors (Lipinski definition) is 2. The van der Waals surface area contributed by atoms with E-state index in [1.165, 1.54) is 0 Å². The normalized spacial score (nSPS) is 10.9. The van der Waals surface area contributed by atoms with Gasteiger partial charge in [-0.1, -0.05) is 6.07 Å². The maximum absolute atomic E-state index is 13.6. The molecule has 1 heterocycles. The number of pyridine rings is 1. The fraction of sp³-hybridized carbons (Fsp3) is 0.294. The average molecular weight is 446 g/mol. The standard InChI is InChI=1S/C17H20F2N4.HI/c1-2-20-17(22-10-8-15-5-3-4-9-21-15)23-12-13-11-14(18)6-7-16(13)19;/h3-7,9,11H,2,8,10,12H2,1H3,(H2,20,22,23);1H. The molecular weight excluding hydrogens is 425 g/mol. The molecule has 130 valence electrons. The highest BCUT2D eigenvalue weighted by Gasteiger charge is 2.04.